The third-order valence-corrected chi connectivity index (χ3v) is 1.14. The van der Waals surface area contributed by atoms with E-state index in [1.807, 2.05) is 19.6 Å². The zero-order valence-corrected chi connectivity index (χ0v) is 5.51. The fourth-order valence-electron chi connectivity index (χ4n) is 0.197. The topological polar surface area (TPSA) is 0 Å². The van der Waals surface area contributed by atoms with Gasteiger partial charge in [-0.3, -0.25) is 0 Å². The molecule has 0 spiro atoms. The molecule has 0 heterocycles. The molecule has 39 valence electrons. The molecule has 1 heteroatoms. The van der Waals surface area contributed by atoms with Crippen LogP contribution in [0.3, 0.4) is 0 Å². The highest BCUT2D eigenvalue weighted by molar-refractivity contribution is 8.01. The Kier molecular flexibility index (Phi) is 5.83. The van der Waals surface area contributed by atoms with Crippen molar-refractivity contribution in [2.45, 2.75) is 13.8 Å². The fourth-order valence-corrected chi connectivity index (χ4v) is 0.592. The molecule has 0 aromatic rings. The van der Waals surface area contributed by atoms with Gasteiger partial charge in [0.05, 0.1) is 5.75 Å². The molecule has 0 fully saturated rings. The molecule has 0 unspecified atom stereocenters. The van der Waals surface area contributed by atoms with Crippen LogP contribution in [-0.4, -0.2) is 5.75 Å². The highest BCUT2D eigenvalue weighted by Gasteiger charge is 1.72. The molecule has 0 aromatic carbocycles. The highest BCUT2D eigenvalue weighted by atomic mass is 32.2. The molecule has 0 aliphatic rings. The second-order valence-corrected chi connectivity index (χ2v) is 2.07. The van der Waals surface area contributed by atoms with Gasteiger partial charge in [-0.25, -0.2) is 0 Å². The van der Waals surface area contributed by atoms with Crippen molar-refractivity contribution < 1.29 is 0 Å². The molecule has 7 heavy (non-hydrogen) atoms. The van der Waals surface area contributed by atoms with Gasteiger partial charge in [-0.2, -0.15) is 0 Å². The lowest BCUT2D eigenvalue weighted by Gasteiger charge is -1.81. The average Bonchev–Trinajstić information content (AvgIpc) is 1.69. The molecule has 0 atom stereocenters. The molecule has 0 aliphatic heterocycles. The van der Waals surface area contributed by atoms with Gasteiger partial charge in [0.1, 0.15) is 0 Å². The van der Waals surface area contributed by atoms with Crippen LogP contribution < -0.4 is 0 Å². The van der Waals surface area contributed by atoms with Gasteiger partial charge >= 0.3 is 0 Å². The van der Waals surface area contributed by atoms with Crippen LogP contribution in [0.2, 0.25) is 0 Å². The number of thioether (sulfide) groups is 1. The molecular formula is C6H9S. The monoisotopic (exact) mass is 113 g/mol. The second kappa shape index (κ2) is 5.91. The first-order valence-electron chi connectivity index (χ1n) is 2.21. The summed E-state index contributed by atoms with van der Waals surface area (Å²) in [6, 6.07) is 0. The van der Waals surface area contributed by atoms with Crippen LogP contribution in [0.25, 0.3) is 0 Å². The van der Waals surface area contributed by atoms with E-state index >= 15 is 0 Å². The van der Waals surface area contributed by atoms with Crippen LogP contribution in [0.15, 0.2) is 0 Å². The summed E-state index contributed by atoms with van der Waals surface area (Å²) in [5.74, 6) is 8.73. The van der Waals surface area contributed by atoms with Crippen molar-refractivity contribution in [3.8, 4) is 11.8 Å². The van der Waals surface area contributed by atoms with Crippen LogP contribution in [0.1, 0.15) is 13.8 Å². The molecule has 0 amide bonds. The van der Waals surface area contributed by atoms with Gasteiger partial charge in [-0.15, -0.1) is 17.7 Å². The Bertz CT molecular complexity index is 75.9. The van der Waals surface area contributed by atoms with Crippen molar-refractivity contribution in [1.82, 2.24) is 0 Å². The first-order valence-corrected chi connectivity index (χ1v) is 3.25. The first kappa shape index (κ1) is 6.91. The smallest absolute Gasteiger partial charge is 0.0550 e. The van der Waals surface area contributed by atoms with E-state index in [2.05, 4.69) is 11.8 Å². The summed E-state index contributed by atoms with van der Waals surface area (Å²) in [6.07, 6.45) is 0. The molecule has 0 aliphatic carbocycles. The summed E-state index contributed by atoms with van der Waals surface area (Å²) in [4.78, 5) is 0. The lowest BCUT2D eigenvalue weighted by atomic mass is 10.7. The average molecular weight is 113 g/mol. The summed E-state index contributed by atoms with van der Waals surface area (Å²) in [7, 11) is 0. The van der Waals surface area contributed by atoms with Crippen molar-refractivity contribution in [3.05, 3.63) is 5.75 Å². The van der Waals surface area contributed by atoms with E-state index in [4.69, 9.17) is 0 Å². The molecule has 0 saturated heterocycles. The third kappa shape index (κ3) is 5.91. The van der Waals surface area contributed by atoms with Crippen molar-refractivity contribution in [3.63, 3.8) is 0 Å². The maximum Gasteiger partial charge on any atom is 0.0550 e. The lowest BCUT2D eigenvalue weighted by molar-refractivity contribution is 1.71. The summed E-state index contributed by atoms with van der Waals surface area (Å²) in [6.45, 7) is 3.87. The highest BCUT2D eigenvalue weighted by Crippen LogP contribution is 1.99. The SMILES string of the molecule is CC#CCS[CH]C. The zero-order valence-electron chi connectivity index (χ0n) is 4.69. The van der Waals surface area contributed by atoms with E-state index in [-0.39, 0.29) is 0 Å². The summed E-state index contributed by atoms with van der Waals surface area (Å²) in [5.41, 5.74) is 0. The van der Waals surface area contributed by atoms with Gasteiger partial charge in [0.2, 0.25) is 0 Å². The maximum absolute atomic E-state index is 2.93. The lowest BCUT2D eigenvalue weighted by Crippen LogP contribution is -1.64. The fraction of sp³-hybridized carbons (Fsp3) is 0.500. The predicted molar refractivity (Wildman–Crippen MR) is 35.9 cm³/mol. The van der Waals surface area contributed by atoms with Crippen molar-refractivity contribution in [2.75, 3.05) is 5.75 Å². The van der Waals surface area contributed by atoms with Gasteiger partial charge in [0, 0.05) is 5.75 Å². The molecule has 0 rings (SSSR count). The van der Waals surface area contributed by atoms with E-state index in [0.717, 1.165) is 5.75 Å². The molecule has 0 bridgehead atoms. The Morgan fingerprint density at radius 1 is 1.71 bits per heavy atom. The molecular weight excluding hydrogens is 104 g/mol. The largest absolute Gasteiger partial charge is 0.145 e. The van der Waals surface area contributed by atoms with Crippen LogP contribution in [0.4, 0.5) is 0 Å². The Morgan fingerprint density at radius 2 is 2.43 bits per heavy atom. The standard InChI is InChI=1S/C6H9S/c1-3-5-6-7-4-2/h4H,6H2,1-2H3. The number of hydrogen-bond donors (Lipinski definition) is 0. The quantitative estimate of drug-likeness (QED) is 0.389. The summed E-state index contributed by atoms with van der Waals surface area (Å²) >= 11 is 1.73. The molecule has 0 aromatic heterocycles. The van der Waals surface area contributed by atoms with Crippen LogP contribution in [0, 0.1) is 17.6 Å². The van der Waals surface area contributed by atoms with Gasteiger partial charge in [-0.1, -0.05) is 12.8 Å². The van der Waals surface area contributed by atoms with Gasteiger partial charge in [0.15, 0.2) is 0 Å². The summed E-state index contributed by atoms with van der Waals surface area (Å²) < 4.78 is 0. The Balaban J connectivity index is 2.78. The van der Waals surface area contributed by atoms with E-state index in [1.54, 1.807) is 11.8 Å². The Labute approximate surface area is 49.7 Å². The minimum absolute atomic E-state index is 0.938. The van der Waals surface area contributed by atoms with Crippen molar-refractivity contribution in [1.29, 1.82) is 0 Å². The maximum atomic E-state index is 2.93. The predicted octanol–water partition coefficient (Wildman–Crippen LogP) is 1.92. The van der Waals surface area contributed by atoms with Gasteiger partial charge in [0.25, 0.3) is 0 Å². The Morgan fingerprint density at radius 3 is 2.86 bits per heavy atom. The van der Waals surface area contributed by atoms with Crippen molar-refractivity contribution in [2.24, 2.45) is 0 Å². The molecule has 0 N–H and O–H groups in total. The zero-order chi connectivity index (χ0) is 5.54. The Hall–Kier alpha value is -0.0900. The molecule has 1 radical (unpaired) electrons. The van der Waals surface area contributed by atoms with E-state index in [1.165, 1.54) is 0 Å². The van der Waals surface area contributed by atoms with E-state index < -0.39 is 0 Å². The minimum atomic E-state index is 0.938. The normalized spacial score (nSPS) is 7.14. The number of rotatable bonds is 2. The molecule has 0 saturated carbocycles. The van der Waals surface area contributed by atoms with Crippen LogP contribution in [0.5, 0.6) is 0 Å². The van der Waals surface area contributed by atoms with Crippen LogP contribution >= 0.6 is 11.8 Å². The van der Waals surface area contributed by atoms with E-state index in [9.17, 15) is 0 Å². The first-order chi connectivity index (χ1) is 3.41. The van der Waals surface area contributed by atoms with Crippen LogP contribution in [-0.2, 0) is 0 Å². The third-order valence-electron chi connectivity index (χ3n) is 0.499. The molecule has 0 nitrogen and oxygen atoms in total. The van der Waals surface area contributed by atoms with Gasteiger partial charge in [-0.05, 0) is 6.92 Å². The summed E-state index contributed by atoms with van der Waals surface area (Å²) in [5, 5.41) is 0. The van der Waals surface area contributed by atoms with Crippen molar-refractivity contribution >= 4 is 11.8 Å². The van der Waals surface area contributed by atoms with E-state index in [0.29, 0.717) is 0 Å². The number of hydrogen-bond acceptors (Lipinski definition) is 1. The minimum Gasteiger partial charge on any atom is -0.145 e. The van der Waals surface area contributed by atoms with Gasteiger partial charge < -0.3 is 0 Å². The second-order valence-electron chi connectivity index (χ2n) is 0.973.